The van der Waals surface area contributed by atoms with Crippen LogP contribution in [0.3, 0.4) is 0 Å². The van der Waals surface area contributed by atoms with E-state index in [1.807, 2.05) is 0 Å². The molecule has 0 radical (unpaired) electrons. The van der Waals surface area contributed by atoms with Crippen LogP contribution in [0.2, 0.25) is 0 Å². The minimum absolute atomic E-state index is 0.107. The molecule has 0 unspecified atom stereocenters. The molecule has 2 aromatic rings. The van der Waals surface area contributed by atoms with E-state index in [0.717, 1.165) is 5.56 Å². The lowest BCUT2D eigenvalue weighted by atomic mass is 10.2. The molecule has 0 aromatic carbocycles. The quantitative estimate of drug-likeness (QED) is 0.609. The van der Waals surface area contributed by atoms with Gasteiger partial charge in [0.1, 0.15) is 23.6 Å². The van der Waals surface area contributed by atoms with Crippen molar-refractivity contribution in [1.29, 1.82) is 0 Å². The number of ether oxygens (including phenoxy) is 1. The second kappa shape index (κ2) is 5.27. The maximum absolute atomic E-state index is 11.7. The maximum Gasteiger partial charge on any atom is 0.342 e. The highest BCUT2D eigenvalue weighted by Crippen LogP contribution is 2.11. The summed E-state index contributed by atoms with van der Waals surface area (Å²) in [6, 6.07) is 4.82. The van der Waals surface area contributed by atoms with E-state index >= 15 is 0 Å². The summed E-state index contributed by atoms with van der Waals surface area (Å²) in [7, 11) is 0. The fraction of sp³-hybridized carbons (Fsp3) is 0.154. The van der Waals surface area contributed by atoms with Crippen LogP contribution in [0.5, 0.6) is 0 Å². The summed E-state index contributed by atoms with van der Waals surface area (Å²) in [6.45, 7) is 1.80. The van der Waals surface area contributed by atoms with Gasteiger partial charge in [-0.05, 0) is 19.1 Å². The number of hydrogen-bond donors (Lipinski definition) is 0. The summed E-state index contributed by atoms with van der Waals surface area (Å²) >= 11 is 0. The van der Waals surface area contributed by atoms with E-state index in [-0.39, 0.29) is 6.61 Å². The van der Waals surface area contributed by atoms with Crippen LogP contribution >= 0.6 is 0 Å². The van der Waals surface area contributed by atoms with Crippen LogP contribution in [0, 0.1) is 6.92 Å². The minimum Gasteiger partial charge on any atom is -0.469 e. The van der Waals surface area contributed by atoms with Crippen molar-refractivity contribution in [2.75, 3.05) is 0 Å². The van der Waals surface area contributed by atoms with E-state index in [1.54, 1.807) is 25.1 Å². The predicted octanol–water partition coefficient (Wildman–Crippen LogP) is 2.15. The lowest BCUT2D eigenvalue weighted by Crippen LogP contribution is -2.05. The van der Waals surface area contributed by atoms with Gasteiger partial charge in [-0.2, -0.15) is 0 Å². The SMILES string of the molecule is Cc1occc1C(=O)OCc1ccc(C=O)nc1. The first-order chi connectivity index (χ1) is 8.70. The number of aryl methyl sites for hydroxylation is 1. The van der Waals surface area contributed by atoms with Crippen LogP contribution in [-0.2, 0) is 11.3 Å². The molecule has 0 aliphatic heterocycles. The number of pyridine rings is 1. The summed E-state index contributed by atoms with van der Waals surface area (Å²) in [5.74, 6) is 0.0788. The Labute approximate surface area is 103 Å². The average molecular weight is 245 g/mol. The van der Waals surface area contributed by atoms with Gasteiger partial charge in [-0.1, -0.05) is 6.07 Å². The Kier molecular flexibility index (Phi) is 3.52. The second-order valence-electron chi connectivity index (χ2n) is 3.68. The van der Waals surface area contributed by atoms with Crippen molar-refractivity contribution >= 4 is 12.3 Å². The normalized spacial score (nSPS) is 10.1. The number of aldehydes is 1. The number of hydrogen-bond acceptors (Lipinski definition) is 5. The molecule has 0 N–H and O–H groups in total. The van der Waals surface area contributed by atoms with Crippen molar-refractivity contribution in [3.05, 3.63) is 53.2 Å². The Morgan fingerprint density at radius 1 is 1.44 bits per heavy atom. The van der Waals surface area contributed by atoms with Crippen molar-refractivity contribution in [2.24, 2.45) is 0 Å². The zero-order valence-electron chi connectivity index (χ0n) is 9.75. The monoisotopic (exact) mass is 245 g/mol. The molecule has 0 atom stereocenters. The van der Waals surface area contributed by atoms with Crippen molar-refractivity contribution in [3.63, 3.8) is 0 Å². The number of nitrogens with zero attached hydrogens (tertiary/aromatic N) is 1. The lowest BCUT2D eigenvalue weighted by Gasteiger charge is -2.03. The van der Waals surface area contributed by atoms with Gasteiger partial charge in [0.2, 0.25) is 0 Å². The Balaban J connectivity index is 1.97. The number of rotatable bonds is 4. The highest BCUT2D eigenvalue weighted by Gasteiger charge is 2.12. The van der Waals surface area contributed by atoms with Gasteiger partial charge in [-0.3, -0.25) is 9.78 Å². The van der Waals surface area contributed by atoms with Crippen LogP contribution in [0.15, 0.2) is 35.1 Å². The van der Waals surface area contributed by atoms with Gasteiger partial charge in [0.15, 0.2) is 6.29 Å². The molecule has 2 aromatic heterocycles. The highest BCUT2D eigenvalue weighted by atomic mass is 16.5. The average Bonchev–Trinajstić information content (AvgIpc) is 2.83. The van der Waals surface area contributed by atoms with E-state index in [2.05, 4.69) is 4.98 Å². The van der Waals surface area contributed by atoms with Crippen molar-refractivity contribution in [3.8, 4) is 0 Å². The van der Waals surface area contributed by atoms with Gasteiger partial charge in [-0.15, -0.1) is 0 Å². The fourth-order valence-corrected chi connectivity index (χ4v) is 1.41. The molecule has 0 aliphatic carbocycles. The summed E-state index contributed by atoms with van der Waals surface area (Å²) in [6.07, 6.45) is 3.59. The van der Waals surface area contributed by atoms with E-state index in [0.29, 0.717) is 23.3 Å². The number of furan rings is 1. The van der Waals surface area contributed by atoms with E-state index in [1.165, 1.54) is 12.5 Å². The standard InChI is InChI=1S/C13H11NO4/c1-9-12(4-5-17-9)13(16)18-8-10-2-3-11(7-15)14-6-10/h2-7H,8H2,1H3. The summed E-state index contributed by atoms with van der Waals surface area (Å²) in [5.41, 5.74) is 1.47. The number of carbonyl (C=O) groups excluding carboxylic acids is 2. The topological polar surface area (TPSA) is 69.4 Å². The third kappa shape index (κ3) is 2.63. The molecule has 18 heavy (non-hydrogen) atoms. The zero-order chi connectivity index (χ0) is 13.0. The molecular weight excluding hydrogens is 234 g/mol. The largest absolute Gasteiger partial charge is 0.469 e. The van der Waals surface area contributed by atoms with Crippen LogP contribution in [0.4, 0.5) is 0 Å². The molecule has 0 bridgehead atoms. The van der Waals surface area contributed by atoms with E-state index in [9.17, 15) is 9.59 Å². The van der Waals surface area contributed by atoms with Crippen molar-refractivity contribution < 1.29 is 18.7 Å². The third-order valence-corrected chi connectivity index (χ3v) is 2.42. The Bertz CT molecular complexity index is 557. The van der Waals surface area contributed by atoms with Crippen LogP contribution in [0.25, 0.3) is 0 Å². The molecule has 5 heteroatoms. The zero-order valence-corrected chi connectivity index (χ0v) is 9.75. The smallest absolute Gasteiger partial charge is 0.342 e. The van der Waals surface area contributed by atoms with Gasteiger partial charge in [0.25, 0.3) is 0 Å². The van der Waals surface area contributed by atoms with Crippen LogP contribution in [0.1, 0.15) is 32.2 Å². The second-order valence-corrected chi connectivity index (χ2v) is 3.68. The van der Waals surface area contributed by atoms with Crippen LogP contribution in [-0.4, -0.2) is 17.2 Å². The highest BCUT2D eigenvalue weighted by molar-refractivity contribution is 5.90. The number of aromatic nitrogens is 1. The van der Waals surface area contributed by atoms with E-state index < -0.39 is 5.97 Å². The molecule has 0 saturated carbocycles. The van der Waals surface area contributed by atoms with Gasteiger partial charge in [0.05, 0.1) is 6.26 Å². The van der Waals surface area contributed by atoms with Crippen molar-refractivity contribution in [2.45, 2.75) is 13.5 Å². The Hall–Kier alpha value is -2.43. The number of esters is 1. The molecular formula is C13H11NO4. The first-order valence-corrected chi connectivity index (χ1v) is 5.32. The summed E-state index contributed by atoms with van der Waals surface area (Å²) in [5, 5.41) is 0. The molecule has 0 spiro atoms. The predicted molar refractivity (Wildman–Crippen MR) is 62.2 cm³/mol. The Morgan fingerprint density at radius 3 is 2.83 bits per heavy atom. The van der Waals surface area contributed by atoms with Crippen LogP contribution < -0.4 is 0 Å². The Morgan fingerprint density at radius 2 is 2.28 bits per heavy atom. The fourth-order valence-electron chi connectivity index (χ4n) is 1.41. The summed E-state index contributed by atoms with van der Waals surface area (Å²) in [4.78, 5) is 26.0. The van der Waals surface area contributed by atoms with Crippen molar-refractivity contribution in [1.82, 2.24) is 4.98 Å². The molecule has 0 amide bonds. The first-order valence-electron chi connectivity index (χ1n) is 5.32. The molecule has 5 nitrogen and oxygen atoms in total. The molecule has 0 aliphatic rings. The first kappa shape index (κ1) is 12.0. The van der Waals surface area contributed by atoms with Gasteiger partial charge >= 0.3 is 5.97 Å². The van der Waals surface area contributed by atoms with Gasteiger partial charge in [-0.25, -0.2) is 4.79 Å². The van der Waals surface area contributed by atoms with E-state index in [4.69, 9.17) is 9.15 Å². The lowest BCUT2D eigenvalue weighted by molar-refractivity contribution is 0.0470. The van der Waals surface area contributed by atoms with Gasteiger partial charge in [0, 0.05) is 11.8 Å². The number of carbonyl (C=O) groups is 2. The third-order valence-electron chi connectivity index (χ3n) is 2.42. The molecule has 92 valence electrons. The maximum atomic E-state index is 11.7. The molecule has 0 fully saturated rings. The molecule has 2 heterocycles. The minimum atomic E-state index is -0.444. The van der Waals surface area contributed by atoms with Gasteiger partial charge < -0.3 is 9.15 Å². The summed E-state index contributed by atoms with van der Waals surface area (Å²) < 4.78 is 10.1. The molecule has 2 rings (SSSR count). The molecule has 0 saturated heterocycles.